The second-order valence-corrected chi connectivity index (χ2v) is 10.5. The Balaban J connectivity index is 1.68. The number of hydrogen-bond donors (Lipinski definition) is 2. The molecule has 1 aliphatic heterocycles. The van der Waals surface area contributed by atoms with Gasteiger partial charge in [0, 0.05) is 39.2 Å². The molecule has 4 aromatic rings. The topological polar surface area (TPSA) is 103 Å². The van der Waals surface area contributed by atoms with Gasteiger partial charge in [-0.2, -0.15) is 5.10 Å². The fraction of sp³-hybridized carbons (Fsp3) is 0.154. The smallest absolute Gasteiger partial charge is 0.303 e. The molecule has 10 heteroatoms. The van der Waals surface area contributed by atoms with Crippen molar-refractivity contribution in [3.05, 3.63) is 90.8 Å². The predicted molar refractivity (Wildman–Crippen MR) is 142 cm³/mol. The molecule has 7 nitrogen and oxygen atoms in total. The Bertz CT molecular complexity index is 1580. The van der Waals surface area contributed by atoms with Crippen molar-refractivity contribution in [3.63, 3.8) is 0 Å². The molecule has 2 N–H and O–H groups in total. The third kappa shape index (κ3) is 4.67. The van der Waals surface area contributed by atoms with Crippen LogP contribution in [-0.2, 0) is 9.59 Å². The lowest BCUT2D eigenvalue weighted by Crippen LogP contribution is -2.26. The van der Waals surface area contributed by atoms with Gasteiger partial charge < -0.3 is 10.1 Å². The van der Waals surface area contributed by atoms with Crippen molar-refractivity contribution in [2.24, 2.45) is 5.10 Å². The van der Waals surface area contributed by atoms with Crippen LogP contribution >= 0.6 is 34.5 Å². The molecular formula is C26H19Cl2N3O4S. The number of carboxylic acid groups (broad SMARTS) is 1. The van der Waals surface area contributed by atoms with Crippen LogP contribution < -0.4 is 5.56 Å². The average Bonchev–Trinajstić information content (AvgIpc) is 3.48. The van der Waals surface area contributed by atoms with Crippen LogP contribution in [0.5, 0.6) is 0 Å². The number of carbonyl (C=O) groups is 2. The van der Waals surface area contributed by atoms with Crippen LogP contribution in [0.4, 0.5) is 0 Å². The lowest BCUT2D eigenvalue weighted by molar-refractivity contribution is -0.141. The van der Waals surface area contributed by atoms with Crippen LogP contribution in [0.25, 0.3) is 22.0 Å². The number of aromatic amines is 1. The Kier molecular flexibility index (Phi) is 6.66. The number of carboxylic acids is 1. The summed E-state index contributed by atoms with van der Waals surface area (Å²) >= 11 is 13.6. The number of carbonyl (C=O) groups excluding carboxylic acids is 1. The zero-order valence-electron chi connectivity index (χ0n) is 18.7. The first-order valence-electron chi connectivity index (χ1n) is 11.1. The quantitative estimate of drug-likeness (QED) is 0.308. The van der Waals surface area contributed by atoms with Gasteiger partial charge in [-0.15, -0.1) is 11.3 Å². The Morgan fingerprint density at radius 1 is 1.03 bits per heavy atom. The maximum absolute atomic E-state index is 13.5. The van der Waals surface area contributed by atoms with Crippen molar-refractivity contribution in [1.29, 1.82) is 0 Å². The molecule has 2 aromatic heterocycles. The molecular weight excluding hydrogens is 521 g/mol. The number of pyridine rings is 1. The number of fused-ring (bicyclic) bond motifs is 1. The van der Waals surface area contributed by atoms with E-state index in [1.165, 1.54) is 16.3 Å². The maximum Gasteiger partial charge on any atom is 0.303 e. The highest BCUT2D eigenvalue weighted by Gasteiger charge is 2.36. The van der Waals surface area contributed by atoms with Gasteiger partial charge in [-0.3, -0.25) is 14.4 Å². The summed E-state index contributed by atoms with van der Waals surface area (Å²) in [5.74, 6) is -1.51. The van der Waals surface area contributed by atoms with E-state index in [0.29, 0.717) is 31.7 Å². The summed E-state index contributed by atoms with van der Waals surface area (Å²) in [4.78, 5) is 41.3. The van der Waals surface area contributed by atoms with Gasteiger partial charge in [-0.1, -0.05) is 53.5 Å². The standard InChI is InChI=1S/C26H19Cl2N3O4S/c27-15-7-5-14(6-8-15)24-16-3-1-2-4-17(16)29-26(35)25(24)18-13-19(20-9-10-21(28)36-20)31(30-18)22(32)11-12-23(33)34/h1-10,19H,11-13H2,(H,29,35)(H,33,34). The van der Waals surface area contributed by atoms with E-state index in [4.69, 9.17) is 28.3 Å². The fourth-order valence-corrected chi connectivity index (χ4v) is 5.66. The van der Waals surface area contributed by atoms with E-state index >= 15 is 0 Å². The van der Waals surface area contributed by atoms with E-state index in [9.17, 15) is 14.4 Å². The van der Waals surface area contributed by atoms with Crippen molar-refractivity contribution in [3.8, 4) is 11.1 Å². The molecule has 5 rings (SSSR count). The molecule has 2 aromatic carbocycles. The van der Waals surface area contributed by atoms with Crippen molar-refractivity contribution >= 4 is 63.0 Å². The van der Waals surface area contributed by atoms with Crippen LogP contribution in [0.2, 0.25) is 9.36 Å². The monoisotopic (exact) mass is 539 g/mol. The third-order valence-electron chi connectivity index (χ3n) is 5.98. The zero-order valence-corrected chi connectivity index (χ0v) is 21.0. The van der Waals surface area contributed by atoms with E-state index in [2.05, 4.69) is 10.1 Å². The number of thiophene rings is 1. The van der Waals surface area contributed by atoms with Crippen molar-refractivity contribution in [2.45, 2.75) is 25.3 Å². The van der Waals surface area contributed by atoms with Crippen LogP contribution in [0.15, 0.2) is 70.6 Å². The molecule has 0 saturated heterocycles. The lowest BCUT2D eigenvalue weighted by Gasteiger charge is -2.20. The fourth-order valence-electron chi connectivity index (χ4n) is 4.38. The first-order chi connectivity index (χ1) is 17.3. The Labute approximate surface area is 219 Å². The molecule has 0 saturated carbocycles. The average molecular weight is 540 g/mol. The molecule has 1 unspecified atom stereocenters. The SMILES string of the molecule is O=C(O)CCC(=O)N1N=C(c2c(-c3ccc(Cl)cc3)c3ccccc3[nH]c2=O)CC1c1ccc(Cl)s1. The number of hydrogen-bond acceptors (Lipinski definition) is 5. The summed E-state index contributed by atoms with van der Waals surface area (Å²) in [6.45, 7) is 0. The van der Waals surface area contributed by atoms with Crippen LogP contribution in [0.3, 0.4) is 0 Å². The van der Waals surface area contributed by atoms with Crippen molar-refractivity contribution in [1.82, 2.24) is 9.99 Å². The summed E-state index contributed by atoms with van der Waals surface area (Å²) in [7, 11) is 0. The highest BCUT2D eigenvalue weighted by molar-refractivity contribution is 7.16. The molecule has 1 amide bonds. The summed E-state index contributed by atoms with van der Waals surface area (Å²) in [5.41, 5.74) is 2.60. The number of aromatic nitrogens is 1. The third-order valence-corrected chi connectivity index (χ3v) is 7.57. The molecule has 1 aliphatic rings. The Hall–Kier alpha value is -3.46. The molecule has 0 fully saturated rings. The Morgan fingerprint density at radius 3 is 2.47 bits per heavy atom. The van der Waals surface area contributed by atoms with Crippen LogP contribution in [0, 0.1) is 0 Å². The first kappa shape index (κ1) is 24.2. The molecule has 0 radical (unpaired) electrons. The van der Waals surface area contributed by atoms with Gasteiger partial charge in [0.1, 0.15) is 0 Å². The number of nitrogens with one attached hydrogen (secondary N) is 1. The molecule has 1 atom stereocenters. The maximum atomic E-state index is 13.5. The van der Waals surface area contributed by atoms with Crippen molar-refractivity contribution in [2.75, 3.05) is 0 Å². The minimum Gasteiger partial charge on any atom is -0.481 e. The van der Waals surface area contributed by atoms with Crippen LogP contribution in [-0.4, -0.2) is 32.7 Å². The van der Waals surface area contributed by atoms with E-state index in [1.807, 2.05) is 42.5 Å². The van der Waals surface area contributed by atoms with Crippen molar-refractivity contribution < 1.29 is 14.7 Å². The van der Waals surface area contributed by atoms with Gasteiger partial charge >= 0.3 is 5.97 Å². The number of H-pyrrole nitrogens is 1. The number of benzene rings is 2. The van der Waals surface area contributed by atoms with Crippen LogP contribution in [0.1, 0.15) is 35.7 Å². The van der Waals surface area contributed by atoms with Gasteiger partial charge in [0.25, 0.3) is 5.56 Å². The first-order valence-corrected chi connectivity index (χ1v) is 12.7. The molecule has 0 spiro atoms. The Morgan fingerprint density at radius 2 is 1.78 bits per heavy atom. The molecule has 3 heterocycles. The molecule has 0 bridgehead atoms. The normalized spacial score (nSPS) is 15.3. The number of nitrogens with zero attached hydrogens (tertiary/aromatic N) is 2. The molecule has 0 aliphatic carbocycles. The molecule has 36 heavy (non-hydrogen) atoms. The van der Waals surface area contributed by atoms with E-state index in [-0.39, 0.29) is 24.8 Å². The van der Waals surface area contributed by atoms with E-state index in [0.717, 1.165) is 15.8 Å². The highest BCUT2D eigenvalue weighted by atomic mass is 35.5. The number of para-hydroxylation sites is 1. The zero-order chi connectivity index (χ0) is 25.4. The number of amides is 1. The largest absolute Gasteiger partial charge is 0.481 e. The summed E-state index contributed by atoms with van der Waals surface area (Å²) in [5, 5.41) is 16.3. The van der Waals surface area contributed by atoms with E-state index < -0.39 is 17.9 Å². The predicted octanol–water partition coefficient (Wildman–Crippen LogP) is 6.11. The van der Waals surface area contributed by atoms with Gasteiger partial charge in [-0.05, 0) is 35.9 Å². The second kappa shape index (κ2) is 9.89. The second-order valence-electron chi connectivity index (χ2n) is 8.30. The minimum atomic E-state index is -1.07. The summed E-state index contributed by atoms with van der Waals surface area (Å²) in [6, 6.07) is 17.7. The number of aliphatic carboxylic acids is 1. The summed E-state index contributed by atoms with van der Waals surface area (Å²) < 4.78 is 0.557. The van der Waals surface area contributed by atoms with E-state index in [1.54, 1.807) is 18.2 Å². The number of halogens is 2. The summed E-state index contributed by atoms with van der Waals surface area (Å²) in [6.07, 6.45) is -0.248. The van der Waals surface area contributed by atoms with Gasteiger partial charge in [0.2, 0.25) is 5.91 Å². The highest BCUT2D eigenvalue weighted by Crippen LogP contribution is 2.40. The molecule has 182 valence electrons. The van der Waals surface area contributed by atoms with Gasteiger partial charge in [0.15, 0.2) is 0 Å². The van der Waals surface area contributed by atoms with Gasteiger partial charge in [-0.25, -0.2) is 5.01 Å². The lowest BCUT2D eigenvalue weighted by atomic mass is 9.92. The minimum absolute atomic E-state index is 0.208. The number of rotatable bonds is 6. The number of hydrazone groups is 1. The van der Waals surface area contributed by atoms with Gasteiger partial charge in [0.05, 0.1) is 28.1 Å².